The molecule has 0 bridgehead atoms. The summed E-state index contributed by atoms with van der Waals surface area (Å²) in [5.74, 6) is -9.18. The lowest BCUT2D eigenvalue weighted by atomic mass is 10.2. The van der Waals surface area contributed by atoms with Crippen LogP contribution >= 0.6 is 0 Å². The van der Waals surface area contributed by atoms with Crippen molar-refractivity contribution in [1.29, 1.82) is 0 Å². The van der Waals surface area contributed by atoms with Gasteiger partial charge in [-0.1, -0.05) is 6.92 Å². The van der Waals surface area contributed by atoms with Crippen molar-refractivity contribution in [3.63, 3.8) is 0 Å². The third-order valence-electron chi connectivity index (χ3n) is 3.95. The van der Waals surface area contributed by atoms with Gasteiger partial charge in [-0.2, -0.15) is 8.78 Å². The van der Waals surface area contributed by atoms with E-state index in [9.17, 15) is 22.4 Å². The standard InChI is InChI=1S/C22H24F4O6/c1-2-7-28-8-9-29-10-11-30-12-13-31-16-5-3-15(4-6-16)22(27)32-21-19(25)17(23)14-18(24)20(21)26/h3-6,14H,2,7-13H2,1H3. The van der Waals surface area contributed by atoms with E-state index < -0.39 is 35.0 Å². The van der Waals surface area contributed by atoms with Crippen LogP contribution in [0.15, 0.2) is 30.3 Å². The van der Waals surface area contributed by atoms with E-state index in [0.29, 0.717) is 45.4 Å². The smallest absolute Gasteiger partial charge is 0.343 e. The molecule has 0 fully saturated rings. The van der Waals surface area contributed by atoms with Crippen LogP contribution in [0.3, 0.4) is 0 Å². The fourth-order valence-electron chi connectivity index (χ4n) is 2.38. The summed E-state index contributed by atoms with van der Waals surface area (Å²) in [4.78, 5) is 12.0. The second-order valence-corrected chi connectivity index (χ2v) is 6.40. The molecule has 0 aliphatic heterocycles. The fraction of sp³-hybridized carbons (Fsp3) is 0.409. The highest BCUT2D eigenvalue weighted by atomic mass is 19.2. The number of carbonyl (C=O) groups is 1. The van der Waals surface area contributed by atoms with Gasteiger partial charge in [0.1, 0.15) is 12.4 Å². The van der Waals surface area contributed by atoms with Gasteiger partial charge in [0.05, 0.1) is 38.6 Å². The number of ether oxygens (including phenoxy) is 5. The maximum atomic E-state index is 13.6. The first kappa shape index (κ1) is 25.6. The van der Waals surface area contributed by atoms with Gasteiger partial charge in [0.25, 0.3) is 0 Å². The van der Waals surface area contributed by atoms with Gasteiger partial charge in [0.2, 0.25) is 17.4 Å². The van der Waals surface area contributed by atoms with Crippen LogP contribution in [0.1, 0.15) is 23.7 Å². The Morgan fingerprint density at radius 2 is 1.25 bits per heavy atom. The molecule has 6 nitrogen and oxygen atoms in total. The lowest BCUT2D eigenvalue weighted by Crippen LogP contribution is -2.13. The minimum Gasteiger partial charge on any atom is -0.491 e. The minimum atomic E-state index is -1.80. The topological polar surface area (TPSA) is 63.2 Å². The van der Waals surface area contributed by atoms with E-state index in [1.54, 1.807) is 0 Å². The number of halogens is 4. The molecule has 0 aliphatic rings. The van der Waals surface area contributed by atoms with Gasteiger partial charge in [0, 0.05) is 12.7 Å². The predicted octanol–water partition coefficient (Wildman–Crippen LogP) is 4.30. The molecule has 2 aromatic carbocycles. The minimum absolute atomic E-state index is 0.0223. The van der Waals surface area contributed by atoms with Crippen LogP contribution in [0.25, 0.3) is 0 Å². The predicted molar refractivity (Wildman–Crippen MR) is 106 cm³/mol. The van der Waals surface area contributed by atoms with E-state index in [-0.39, 0.29) is 18.2 Å². The molecular weight excluding hydrogens is 436 g/mol. The third-order valence-corrected chi connectivity index (χ3v) is 3.95. The van der Waals surface area contributed by atoms with Crippen molar-refractivity contribution in [3.8, 4) is 11.5 Å². The van der Waals surface area contributed by atoms with Gasteiger partial charge >= 0.3 is 5.97 Å². The number of hydrogen-bond acceptors (Lipinski definition) is 6. The molecule has 0 atom stereocenters. The number of hydrogen-bond donors (Lipinski definition) is 0. The number of benzene rings is 2. The van der Waals surface area contributed by atoms with Crippen LogP contribution in [0.2, 0.25) is 0 Å². The van der Waals surface area contributed by atoms with Gasteiger partial charge in [-0.15, -0.1) is 0 Å². The zero-order valence-electron chi connectivity index (χ0n) is 17.5. The van der Waals surface area contributed by atoms with E-state index >= 15 is 0 Å². The van der Waals surface area contributed by atoms with Gasteiger partial charge < -0.3 is 23.7 Å². The summed E-state index contributed by atoms with van der Waals surface area (Å²) in [6, 6.07) is 5.43. The van der Waals surface area contributed by atoms with E-state index in [1.165, 1.54) is 24.3 Å². The van der Waals surface area contributed by atoms with Crippen molar-refractivity contribution in [2.45, 2.75) is 13.3 Å². The molecule has 0 radical (unpaired) electrons. The van der Waals surface area contributed by atoms with Crippen molar-refractivity contribution in [1.82, 2.24) is 0 Å². The molecular formula is C22H24F4O6. The van der Waals surface area contributed by atoms with Crippen molar-refractivity contribution in [3.05, 3.63) is 59.2 Å². The van der Waals surface area contributed by atoms with E-state index in [1.807, 2.05) is 6.92 Å². The Bertz CT molecular complexity index is 834. The van der Waals surface area contributed by atoms with Crippen molar-refractivity contribution in [2.24, 2.45) is 0 Å². The van der Waals surface area contributed by atoms with E-state index in [2.05, 4.69) is 4.74 Å². The lowest BCUT2D eigenvalue weighted by molar-refractivity contribution is 0.00945. The number of rotatable bonds is 14. The van der Waals surface area contributed by atoms with Crippen LogP contribution in [-0.4, -0.2) is 52.2 Å². The molecule has 0 unspecified atom stereocenters. The Morgan fingerprint density at radius 3 is 1.78 bits per heavy atom. The van der Waals surface area contributed by atoms with Crippen molar-refractivity contribution >= 4 is 5.97 Å². The summed E-state index contributed by atoms with van der Waals surface area (Å²) in [7, 11) is 0. The molecule has 176 valence electrons. The fourth-order valence-corrected chi connectivity index (χ4v) is 2.38. The Kier molecular flexibility index (Phi) is 10.9. The summed E-state index contributed by atoms with van der Waals surface area (Å²) in [5, 5.41) is 0. The summed E-state index contributed by atoms with van der Waals surface area (Å²) >= 11 is 0. The molecule has 32 heavy (non-hydrogen) atoms. The number of carbonyl (C=O) groups excluding carboxylic acids is 1. The lowest BCUT2D eigenvalue weighted by Gasteiger charge is -2.10. The maximum absolute atomic E-state index is 13.6. The first-order chi connectivity index (χ1) is 15.4. The molecule has 0 N–H and O–H groups in total. The normalized spacial score (nSPS) is 10.9. The molecule has 0 aromatic heterocycles. The zero-order chi connectivity index (χ0) is 23.3. The average Bonchev–Trinajstić information content (AvgIpc) is 2.79. The molecule has 0 heterocycles. The summed E-state index contributed by atoms with van der Waals surface area (Å²) in [6.07, 6.45) is 0.964. The van der Waals surface area contributed by atoms with E-state index in [4.69, 9.17) is 18.9 Å². The van der Waals surface area contributed by atoms with E-state index in [0.717, 1.165) is 6.42 Å². The Hall–Kier alpha value is -2.69. The molecule has 0 amide bonds. The third kappa shape index (κ3) is 8.10. The second kappa shape index (κ2) is 13.7. The number of esters is 1. The molecule has 2 rings (SSSR count). The van der Waals surface area contributed by atoms with Crippen molar-refractivity contribution < 1.29 is 46.0 Å². The zero-order valence-corrected chi connectivity index (χ0v) is 17.5. The summed E-state index contributed by atoms with van der Waals surface area (Å²) in [6.45, 7) is 5.17. The van der Waals surface area contributed by atoms with Gasteiger partial charge in [-0.3, -0.25) is 0 Å². The quantitative estimate of drug-likeness (QED) is 0.138. The average molecular weight is 460 g/mol. The second-order valence-electron chi connectivity index (χ2n) is 6.40. The molecule has 0 saturated heterocycles. The Morgan fingerprint density at radius 1 is 0.750 bits per heavy atom. The van der Waals surface area contributed by atoms with Gasteiger partial charge in [0.15, 0.2) is 11.6 Å². The van der Waals surface area contributed by atoms with Crippen LogP contribution in [-0.2, 0) is 14.2 Å². The van der Waals surface area contributed by atoms with Crippen LogP contribution in [0, 0.1) is 23.3 Å². The summed E-state index contributed by atoms with van der Waals surface area (Å²) < 4.78 is 79.5. The van der Waals surface area contributed by atoms with Gasteiger partial charge in [-0.05, 0) is 30.7 Å². The first-order valence-corrected chi connectivity index (χ1v) is 9.95. The van der Waals surface area contributed by atoms with Crippen LogP contribution in [0.4, 0.5) is 17.6 Å². The maximum Gasteiger partial charge on any atom is 0.343 e. The highest BCUT2D eigenvalue weighted by Gasteiger charge is 2.23. The molecule has 0 aliphatic carbocycles. The van der Waals surface area contributed by atoms with Crippen LogP contribution < -0.4 is 9.47 Å². The molecule has 0 saturated carbocycles. The highest BCUT2D eigenvalue weighted by molar-refractivity contribution is 5.91. The monoisotopic (exact) mass is 460 g/mol. The molecule has 0 spiro atoms. The Balaban J connectivity index is 1.70. The highest BCUT2D eigenvalue weighted by Crippen LogP contribution is 2.27. The van der Waals surface area contributed by atoms with Crippen LogP contribution in [0.5, 0.6) is 11.5 Å². The SMILES string of the molecule is CCCOCCOCCOCCOc1ccc(C(=O)Oc2c(F)c(F)cc(F)c2F)cc1. The first-order valence-electron chi connectivity index (χ1n) is 9.95. The Labute approximate surface area is 183 Å². The van der Waals surface area contributed by atoms with Gasteiger partial charge in [-0.25, -0.2) is 13.6 Å². The van der Waals surface area contributed by atoms with Crippen molar-refractivity contribution in [2.75, 3.05) is 46.2 Å². The molecule has 10 heteroatoms. The summed E-state index contributed by atoms with van der Waals surface area (Å²) in [5.41, 5.74) is -0.0999. The molecule has 2 aromatic rings. The largest absolute Gasteiger partial charge is 0.491 e.